The molecule has 0 bridgehead atoms. The molecule has 0 aliphatic carbocycles. The minimum absolute atomic E-state index is 0.104. The smallest absolute Gasteiger partial charge is 0.316 e. The maximum atomic E-state index is 12.6. The fraction of sp³-hybridized carbons (Fsp3) is 0.261. The van der Waals surface area contributed by atoms with Gasteiger partial charge in [-0.05, 0) is 69.0 Å². The lowest BCUT2D eigenvalue weighted by atomic mass is 9.97. The highest BCUT2D eigenvalue weighted by Crippen LogP contribution is 2.24. The third-order valence-corrected chi connectivity index (χ3v) is 4.50. The summed E-state index contributed by atoms with van der Waals surface area (Å²) in [5, 5.41) is 5.00. The number of pyridine rings is 1. The second-order valence-corrected chi connectivity index (χ2v) is 7.86. The first kappa shape index (κ1) is 19.5. The molecule has 0 aliphatic heterocycles. The zero-order valence-corrected chi connectivity index (χ0v) is 16.5. The molecule has 0 saturated heterocycles. The van der Waals surface area contributed by atoms with Gasteiger partial charge in [0.2, 0.25) is 5.91 Å². The van der Waals surface area contributed by atoms with Crippen molar-refractivity contribution in [1.29, 1.82) is 0 Å². The van der Waals surface area contributed by atoms with E-state index in [-0.39, 0.29) is 17.8 Å². The molecule has 1 amide bonds. The lowest BCUT2D eigenvalue weighted by molar-refractivity contribution is -0.143. The zero-order chi connectivity index (χ0) is 20.3. The van der Waals surface area contributed by atoms with Crippen LogP contribution in [0.25, 0.3) is 10.8 Å². The molecule has 1 heterocycles. The van der Waals surface area contributed by atoms with E-state index in [0.717, 1.165) is 22.0 Å². The van der Waals surface area contributed by atoms with Crippen LogP contribution >= 0.6 is 0 Å². The molecule has 1 unspecified atom stereocenters. The van der Waals surface area contributed by atoms with E-state index in [4.69, 9.17) is 4.74 Å². The van der Waals surface area contributed by atoms with Gasteiger partial charge in [-0.3, -0.25) is 14.6 Å². The second-order valence-electron chi connectivity index (χ2n) is 7.86. The van der Waals surface area contributed by atoms with Crippen molar-refractivity contribution in [2.45, 2.75) is 33.6 Å². The van der Waals surface area contributed by atoms with Crippen LogP contribution in [0.3, 0.4) is 0 Å². The van der Waals surface area contributed by atoms with Crippen LogP contribution in [0.2, 0.25) is 0 Å². The highest BCUT2D eigenvalue weighted by atomic mass is 16.5. The third kappa shape index (κ3) is 4.55. The molecule has 2 aromatic carbocycles. The molecule has 0 aliphatic rings. The van der Waals surface area contributed by atoms with E-state index in [1.807, 2.05) is 43.3 Å². The average molecular weight is 376 g/mol. The predicted molar refractivity (Wildman–Crippen MR) is 110 cm³/mol. The molecule has 0 radical (unpaired) electrons. The summed E-state index contributed by atoms with van der Waals surface area (Å²) in [5.41, 5.74) is 1.02. The summed E-state index contributed by atoms with van der Waals surface area (Å²) < 4.78 is 5.37. The molecular weight excluding hydrogens is 352 g/mol. The van der Waals surface area contributed by atoms with Gasteiger partial charge >= 0.3 is 5.97 Å². The molecule has 5 heteroatoms. The molecule has 28 heavy (non-hydrogen) atoms. The van der Waals surface area contributed by atoms with Crippen LogP contribution in [-0.2, 0) is 9.59 Å². The number of esters is 1. The first-order valence-corrected chi connectivity index (χ1v) is 9.21. The number of rotatable bonds is 4. The molecule has 3 aromatic rings. The summed E-state index contributed by atoms with van der Waals surface area (Å²) in [6.07, 6.45) is 3.52. The Bertz CT molecular complexity index is 1000. The normalized spacial score (nSPS) is 12.4. The number of hydrogen-bond donors (Lipinski definition) is 1. The molecular formula is C23H24N2O3. The Morgan fingerprint density at radius 1 is 1.00 bits per heavy atom. The quantitative estimate of drug-likeness (QED) is 0.518. The number of nitrogens with zero attached hydrogens (tertiary/aromatic N) is 1. The molecule has 1 aromatic heterocycles. The summed E-state index contributed by atoms with van der Waals surface area (Å²) in [6.45, 7) is 7.26. The summed E-state index contributed by atoms with van der Waals surface area (Å²) in [5.74, 6) is -0.273. The SMILES string of the molecule is CC(C(=O)Nc1ccc2cnccc2c1)c1ccc(OC(=O)C(C)(C)C)cc1. The number of carbonyl (C=O) groups is 2. The lowest BCUT2D eigenvalue weighted by Crippen LogP contribution is -2.25. The Morgan fingerprint density at radius 3 is 2.39 bits per heavy atom. The monoisotopic (exact) mass is 376 g/mol. The standard InChI is InChI=1S/C23H24N2O3/c1-15(16-6-9-20(10-7-16)28-22(27)23(2,3)4)21(26)25-19-8-5-18-14-24-12-11-17(18)13-19/h5-15H,1-4H3,(H,25,26). The Balaban J connectivity index is 1.67. The van der Waals surface area contributed by atoms with E-state index in [0.29, 0.717) is 5.75 Å². The molecule has 1 atom stereocenters. The number of aromatic nitrogens is 1. The van der Waals surface area contributed by atoms with Crippen LogP contribution in [0.4, 0.5) is 5.69 Å². The van der Waals surface area contributed by atoms with Crippen LogP contribution in [-0.4, -0.2) is 16.9 Å². The van der Waals surface area contributed by atoms with Crippen molar-refractivity contribution in [3.05, 3.63) is 66.5 Å². The van der Waals surface area contributed by atoms with Crippen molar-refractivity contribution < 1.29 is 14.3 Å². The number of fused-ring (bicyclic) bond motifs is 1. The zero-order valence-electron chi connectivity index (χ0n) is 16.5. The summed E-state index contributed by atoms with van der Waals surface area (Å²) in [6, 6.07) is 14.7. The number of amides is 1. The minimum Gasteiger partial charge on any atom is -0.426 e. The van der Waals surface area contributed by atoms with E-state index in [1.54, 1.807) is 45.3 Å². The Labute approximate surface area is 164 Å². The van der Waals surface area contributed by atoms with Crippen molar-refractivity contribution in [2.24, 2.45) is 5.41 Å². The van der Waals surface area contributed by atoms with Crippen molar-refractivity contribution in [1.82, 2.24) is 4.98 Å². The average Bonchev–Trinajstić information content (AvgIpc) is 2.67. The summed E-state index contributed by atoms with van der Waals surface area (Å²) >= 11 is 0. The molecule has 0 saturated carbocycles. The molecule has 1 N–H and O–H groups in total. The highest BCUT2D eigenvalue weighted by Gasteiger charge is 2.24. The van der Waals surface area contributed by atoms with E-state index in [2.05, 4.69) is 10.3 Å². The van der Waals surface area contributed by atoms with Gasteiger partial charge in [0.1, 0.15) is 5.75 Å². The maximum absolute atomic E-state index is 12.6. The highest BCUT2D eigenvalue weighted by molar-refractivity contribution is 5.97. The third-order valence-electron chi connectivity index (χ3n) is 4.50. The number of benzene rings is 2. The van der Waals surface area contributed by atoms with Crippen LogP contribution in [0.5, 0.6) is 5.75 Å². The van der Waals surface area contributed by atoms with Gasteiger partial charge in [-0.2, -0.15) is 0 Å². The first-order chi connectivity index (χ1) is 13.2. The van der Waals surface area contributed by atoms with Crippen molar-refractivity contribution >= 4 is 28.3 Å². The molecule has 5 nitrogen and oxygen atoms in total. The molecule has 0 spiro atoms. The summed E-state index contributed by atoms with van der Waals surface area (Å²) in [7, 11) is 0. The van der Waals surface area contributed by atoms with Crippen LogP contribution in [0.15, 0.2) is 60.9 Å². The lowest BCUT2D eigenvalue weighted by Gasteiger charge is -2.17. The van der Waals surface area contributed by atoms with Crippen LogP contribution in [0.1, 0.15) is 39.2 Å². The van der Waals surface area contributed by atoms with Crippen LogP contribution < -0.4 is 10.1 Å². The van der Waals surface area contributed by atoms with E-state index in [1.165, 1.54) is 0 Å². The topological polar surface area (TPSA) is 68.3 Å². The number of nitrogens with one attached hydrogen (secondary N) is 1. The first-order valence-electron chi connectivity index (χ1n) is 9.21. The number of ether oxygens (including phenoxy) is 1. The van der Waals surface area contributed by atoms with E-state index >= 15 is 0 Å². The number of hydrogen-bond acceptors (Lipinski definition) is 4. The van der Waals surface area contributed by atoms with E-state index < -0.39 is 5.41 Å². The Kier molecular flexibility index (Phi) is 5.45. The minimum atomic E-state index is -0.568. The molecule has 0 fully saturated rings. The van der Waals surface area contributed by atoms with Gasteiger partial charge in [0.25, 0.3) is 0 Å². The van der Waals surface area contributed by atoms with Crippen LogP contribution in [0, 0.1) is 5.41 Å². The van der Waals surface area contributed by atoms with E-state index in [9.17, 15) is 9.59 Å². The largest absolute Gasteiger partial charge is 0.426 e. The summed E-state index contributed by atoms with van der Waals surface area (Å²) in [4.78, 5) is 28.7. The number of anilines is 1. The maximum Gasteiger partial charge on any atom is 0.316 e. The van der Waals surface area contributed by atoms with Crippen molar-refractivity contribution in [3.63, 3.8) is 0 Å². The fourth-order valence-corrected chi connectivity index (χ4v) is 2.65. The van der Waals surface area contributed by atoms with Gasteiger partial charge in [0, 0.05) is 23.5 Å². The van der Waals surface area contributed by atoms with Crippen molar-refractivity contribution in [2.75, 3.05) is 5.32 Å². The van der Waals surface area contributed by atoms with Gasteiger partial charge in [-0.25, -0.2) is 0 Å². The van der Waals surface area contributed by atoms with Gasteiger partial charge in [0.15, 0.2) is 0 Å². The van der Waals surface area contributed by atoms with Crippen molar-refractivity contribution in [3.8, 4) is 5.75 Å². The van der Waals surface area contributed by atoms with Gasteiger partial charge < -0.3 is 10.1 Å². The fourth-order valence-electron chi connectivity index (χ4n) is 2.65. The van der Waals surface area contributed by atoms with Gasteiger partial charge in [-0.1, -0.05) is 18.2 Å². The Hall–Kier alpha value is -3.21. The Morgan fingerprint density at radius 2 is 1.71 bits per heavy atom. The predicted octanol–water partition coefficient (Wildman–Crippen LogP) is 4.93. The molecule has 144 valence electrons. The number of carbonyl (C=O) groups excluding carboxylic acids is 2. The van der Waals surface area contributed by atoms with Gasteiger partial charge in [0.05, 0.1) is 11.3 Å². The van der Waals surface area contributed by atoms with Gasteiger partial charge in [-0.15, -0.1) is 0 Å². The second kappa shape index (κ2) is 7.80. The molecule has 3 rings (SSSR count).